The Bertz CT molecular complexity index is 821. The third-order valence-electron chi connectivity index (χ3n) is 5.38. The molecular formula is C24H30FNO3. The number of ether oxygens (including phenoxy) is 2. The Hall–Kier alpha value is -2.56. The van der Waals surface area contributed by atoms with Gasteiger partial charge in [-0.2, -0.15) is 0 Å². The SMILES string of the molecule is CCCC(=O)C(C)c1ccc(O[C@@H]2CCN(c3ccc(OCC)cc3F)C2)cc1. The molecule has 0 N–H and O–H groups in total. The van der Waals surface area contributed by atoms with E-state index >= 15 is 0 Å². The van der Waals surface area contributed by atoms with Gasteiger partial charge >= 0.3 is 0 Å². The highest BCUT2D eigenvalue weighted by Gasteiger charge is 2.26. The Balaban J connectivity index is 1.58. The Morgan fingerprint density at radius 3 is 2.55 bits per heavy atom. The maximum Gasteiger partial charge on any atom is 0.150 e. The molecule has 2 aromatic carbocycles. The van der Waals surface area contributed by atoms with E-state index in [9.17, 15) is 9.18 Å². The lowest BCUT2D eigenvalue weighted by atomic mass is 9.94. The van der Waals surface area contributed by atoms with Crippen molar-refractivity contribution in [3.05, 3.63) is 53.8 Å². The van der Waals surface area contributed by atoms with E-state index in [1.807, 2.05) is 49.9 Å². The Kier molecular flexibility index (Phi) is 7.13. The summed E-state index contributed by atoms with van der Waals surface area (Å²) in [7, 11) is 0. The Labute approximate surface area is 172 Å². The Morgan fingerprint density at radius 1 is 1.17 bits per heavy atom. The molecule has 1 fully saturated rings. The largest absolute Gasteiger partial charge is 0.494 e. The van der Waals surface area contributed by atoms with Crippen LogP contribution in [0.25, 0.3) is 0 Å². The maximum atomic E-state index is 14.4. The molecule has 1 aliphatic rings. The van der Waals surface area contributed by atoms with Gasteiger partial charge < -0.3 is 14.4 Å². The first kappa shape index (κ1) is 21.2. The van der Waals surface area contributed by atoms with E-state index in [2.05, 4.69) is 0 Å². The van der Waals surface area contributed by atoms with E-state index in [4.69, 9.17) is 9.47 Å². The van der Waals surface area contributed by atoms with Gasteiger partial charge in [0.1, 0.15) is 29.2 Å². The fourth-order valence-corrected chi connectivity index (χ4v) is 3.72. The van der Waals surface area contributed by atoms with Crippen molar-refractivity contribution in [3.8, 4) is 11.5 Å². The summed E-state index contributed by atoms with van der Waals surface area (Å²) >= 11 is 0. The van der Waals surface area contributed by atoms with Crippen molar-refractivity contribution < 1.29 is 18.7 Å². The molecule has 3 rings (SSSR count). The number of hydrogen-bond donors (Lipinski definition) is 0. The van der Waals surface area contributed by atoms with Gasteiger partial charge in [0.25, 0.3) is 0 Å². The molecule has 29 heavy (non-hydrogen) atoms. The summed E-state index contributed by atoms with van der Waals surface area (Å²) in [6.07, 6.45) is 2.32. The molecule has 1 saturated heterocycles. The molecule has 5 heteroatoms. The number of hydrogen-bond acceptors (Lipinski definition) is 4. The number of carbonyl (C=O) groups is 1. The minimum absolute atomic E-state index is 0.00552. The first-order valence-electron chi connectivity index (χ1n) is 10.5. The van der Waals surface area contributed by atoms with Crippen LogP contribution in [0.5, 0.6) is 11.5 Å². The van der Waals surface area contributed by atoms with Crippen molar-refractivity contribution in [1.82, 2.24) is 0 Å². The molecule has 1 unspecified atom stereocenters. The van der Waals surface area contributed by atoms with Crippen molar-refractivity contribution in [2.24, 2.45) is 0 Å². The molecule has 0 bridgehead atoms. The predicted molar refractivity (Wildman–Crippen MR) is 114 cm³/mol. The van der Waals surface area contributed by atoms with E-state index in [1.54, 1.807) is 12.1 Å². The Morgan fingerprint density at radius 2 is 1.90 bits per heavy atom. The number of Topliss-reactive ketones (excluding diaryl/α,β-unsaturated/α-hetero) is 1. The van der Waals surface area contributed by atoms with Crippen LogP contribution in [0.4, 0.5) is 10.1 Å². The fourth-order valence-electron chi connectivity index (χ4n) is 3.72. The monoisotopic (exact) mass is 399 g/mol. The second-order valence-electron chi connectivity index (χ2n) is 7.53. The van der Waals surface area contributed by atoms with Gasteiger partial charge in [0, 0.05) is 31.4 Å². The minimum Gasteiger partial charge on any atom is -0.494 e. The first-order valence-corrected chi connectivity index (χ1v) is 10.5. The van der Waals surface area contributed by atoms with Crippen molar-refractivity contribution >= 4 is 11.5 Å². The number of nitrogens with zero attached hydrogens (tertiary/aromatic N) is 1. The average molecular weight is 400 g/mol. The van der Waals surface area contributed by atoms with Crippen molar-refractivity contribution in [3.63, 3.8) is 0 Å². The van der Waals surface area contributed by atoms with E-state index in [-0.39, 0.29) is 23.6 Å². The fraction of sp³-hybridized carbons (Fsp3) is 0.458. The smallest absolute Gasteiger partial charge is 0.150 e. The molecule has 0 saturated carbocycles. The van der Waals surface area contributed by atoms with Crippen LogP contribution < -0.4 is 14.4 Å². The van der Waals surface area contributed by atoms with Crippen molar-refractivity contribution in [2.75, 3.05) is 24.6 Å². The van der Waals surface area contributed by atoms with Crippen LogP contribution in [0.1, 0.15) is 51.5 Å². The number of halogens is 1. The summed E-state index contributed by atoms with van der Waals surface area (Å²) < 4.78 is 25.9. The molecule has 1 aliphatic heterocycles. The third kappa shape index (κ3) is 5.28. The number of ketones is 1. The topological polar surface area (TPSA) is 38.8 Å². The van der Waals surface area contributed by atoms with Crippen LogP contribution in [0, 0.1) is 5.82 Å². The maximum absolute atomic E-state index is 14.4. The second-order valence-corrected chi connectivity index (χ2v) is 7.53. The third-order valence-corrected chi connectivity index (χ3v) is 5.38. The summed E-state index contributed by atoms with van der Waals surface area (Å²) in [6.45, 7) is 7.75. The highest BCUT2D eigenvalue weighted by molar-refractivity contribution is 5.85. The van der Waals surface area contributed by atoms with Gasteiger partial charge in [0.2, 0.25) is 0 Å². The molecule has 0 amide bonds. The molecule has 0 spiro atoms. The van der Waals surface area contributed by atoms with E-state index in [1.165, 1.54) is 6.07 Å². The highest BCUT2D eigenvalue weighted by Crippen LogP contribution is 2.29. The zero-order valence-electron chi connectivity index (χ0n) is 17.5. The lowest BCUT2D eigenvalue weighted by Crippen LogP contribution is -2.25. The highest BCUT2D eigenvalue weighted by atomic mass is 19.1. The summed E-state index contributed by atoms with van der Waals surface area (Å²) in [5, 5.41) is 0. The van der Waals surface area contributed by atoms with E-state index in [0.717, 1.165) is 30.7 Å². The van der Waals surface area contributed by atoms with Crippen molar-refractivity contribution in [1.29, 1.82) is 0 Å². The van der Waals surface area contributed by atoms with Gasteiger partial charge in [-0.1, -0.05) is 26.0 Å². The van der Waals surface area contributed by atoms with Crippen LogP contribution in [0.2, 0.25) is 0 Å². The number of anilines is 1. The second kappa shape index (κ2) is 9.77. The van der Waals surface area contributed by atoms with Gasteiger partial charge in [0.15, 0.2) is 0 Å². The van der Waals surface area contributed by atoms with Gasteiger partial charge in [-0.25, -0.2) is 4.39 Å². The van der Waals surface area contributed by atoms with Gasteiger partial charge in [-0.3, -0.25) is 4.79 Å². The van der Waals surface area contributed by atoms with Gasteiger partial charge in [0.05, 0.1) is 18.8 Å². The van der Waals surface area contributed by atoms with Gasteiger partial charge in [-0.15, -0.1) is 0 Å². The molecule has 1 heterocycles. The lowest BCUT2D eigenvalue weighted by molar-refractivity contribution is -0.120. The molecule has 156 valence electrons. The molecule has 0 aliphatic carbocycles. The molecular weight excluding hydrogens is 369 g/mol. The first-order chi connectivity index (χ1) is 14.0. The van der Waals surface area contributed by atoms with E-state index < -0.39 is 0 Å². The van der Waals surface area contributed by atoms with Crippen molar-refractivity contribution in [2.45, 2.75) is 52.1 Å². The molecule has 0 radical (unpaired) electrons. The van der Waals surface area contributed by atoms with Crippen LogP contribution in [-0.4, -0.2) is 31.6 Å². The quantitative estimate of drug-likeness (QED) is 0.569. The average Bonchev–Trinajstić information content (AvgIpc) is 3.16. The van der Waals surface area contributed by atoms with Crippen LogP contribution in [-0.2, 0) is 4.79 Å². The molecule has 0 aromatic heterocycles. The number of rotatable bonds is 9. The van der Waals surface area contributed by atoms with Crippen LogP contribution in [0.3, 0.4) is 0 Å². The summed E-state index contributed by atoms with van der Waals surface area (Å²) in [4.78, 5) is 14.1. The minimum atomic E-state index is -0.272. The normalized spacial score (nSPS) is 17.2. The molecule has 2 aromatic rings. The van der Waals surface area contributed by atoms with Crippen LogP contribution >= 0.6 is 0 Å². The standard InChI is InChI=1S/C24H30FNO3/c1-4-6-24(27)17(3)18-7-9-19(10-8-18)29-21-13-14-26(16-21)23-12-11-20(28-5-2)15-22(23)25/h7-12,15,17,21H,4-6,13-14,16H2,1-3H3/t17?,21-/m1/s1. The zero-order valence-corrected chi connectivity index (χ0v) is 17.5. The summed E-state index contributed by atoms with van der Waals surface area (Å²) in [6, 6.07) is 12.8. The zero-order chi connectivity index (χ0) is 20.8. The predicted octanol–water partition coefficient (Wildman–Crippen LogP) is 5.35. The summed E-state index contributed by atoms with van der Waals surface area (Å²) in [5.74, 6) is 1.24. The number of benzene rings is 2. The molecule has 2 atom stereocenters. The van der Waals surface area contributed by atoms with Gasteiger partial charge in [-0.05, 0) is 43.2 Å². The van der Waals surface area contributed by atoms with E-state index in [0.29, 0.717) is 31.0 Å². The number of carbonyl (C=O) groups excluding carboxylic acids is 1. The summed E-state index contributed by atoms with van der Waals surface area (Å²) in [5.41, 5.74) is 1.60. The van der Waals surface area contributed by atoms with Crippen LogP contribution in [0.15, 0.2) is 42.5 Å². The lowest BCUT2D eigenvalue weighted by Gasteiger charge is -2.20. The molecule has 4 nitrogen and oxygen atoms in total.